The van der Waals surface area contributed by atoms with E-state index in [0.717, 1.165) is 16.6 Å². The van der Waals surface area contributed by atoms with Crippen LogP contribution in [0, 0.1) is 21.4 Å². The number of nitro benzene ring substituents is 1. The van der Waals surface area contributed by atoms with Crippen molar-refractivity contribution in [1.82, 2.24) is 19.7 Å². The molecule has 13 heteroatoms. The van der Waals surface area contributed by atoms with Crippen molar-refractivity contribution in [3.8, 4) is 17.5 Å². The first-order valence-electron chi connectivity index (χ1n) is 9.77. The van der Waals surface area contributed by atoms with Crippen molar-refractivity contribution in [1.29, 1.82) is 5.26 Å². The number of amides is 1. The second-order valence-corrected chi connectivity index (χ2v) is 7.54. The lowest BCUT2D eigenvalue weighted by atomic mass is 10.2. The van der Waals surface area contributed by atoms with Gasteiger partial charge in [0.05, 0.1) is 21.1 Å². The van der Waals surface area contributed by atoms with Gasteiger partial charge in [-0.2, -0.15) is 9.94 Å². The molecule has 3 heterocycles. The third kappa shape index (κ3) is 4.68. The predicted molar refractivity (Wildman–Crippen MR) is 116 cm³/mol. The summed E-state index contributed by atoms with van der Waals surface area (Å²) in [5.74, 6) is -0.560. The van der Waals surface area contributed by atoms with Gasteiger partial charge in [0.25, 0.3) is 11.6 Å². The highest BCUT2D eigenvalue weighted by Crippen LogP contribution is 2.29. The number of benzene rings is 1. The molecule has 1 aliphatic heterocycles. The van der Waals surface area contributed by atoms with Crippen LogP contribution in [0.1, 0.15) is 5.56 Å². The maximum atomic E-state index is 12.7. The predicted octanol–water partition coefficient (Wildman–Crippen LogP) is 1.68. The van der Waals surface area contributed by atoms with Gasteiger partial charge in [-0.15, -0.1) is 5.10 Å². The number of nitro groups is 1. The van der Waals surface area contributed by atoms with E-state index in [1.807, 2.05) is 11.0 Å². The Kier molecular flexibility index (Phi) is 6.05. The van der Waals surface area contributed by atoms with E-state index in [4.69, 9.17) is 21.3 Å². The van der Waals surface area contributed by atoms with Gasteiger partial charge in [0.2, 0.25) is 5.91 Å². The highest BCUT2D eigenvalue weighted by atomic mass is 35.5. The Labute approximate surface area is 191 Å². The van der Waals surface area contributed by atoms with Gasteiger partial charge in [-0.05, 0) is 18.2 Å². The average Bonchev–Trinajstić information content (AvgIpc) is 3.18. The van der Waals surface area contributed by atoms with E-state index < -0.39 is 10.7 Å². The fourth-order valence-electron chi connectivity index (χ4n) is 3.36. The van der Waals surface area contributed by atoms with Crippen LogP contribution in [0.5, 0.6) is 0 Å². The van der Waals surface area contributed by atoms with Crippen LogP contribution in [-0.4, -0.2) is 56.7 Å². The first-order chi connectivity index (χ1) is 15.9. The number of hydrogen-bond acceptors (Lipinski definition) is 9. The van der Waals surface area contributed by atoms with Crippen LogP contribution in [0.4, 0.5) is 11.5 Å². The molecule has 0 saturated carbocycles. The fourth-order valence-corrected chi connectivity index (χ4v) is 3.61. The molecule has 4 rings (SSSR count). The van der Waals surface area contributed by atoms with E-state index in [1.54, 1.807) is 17.0 Å². The lowest BCUT2D eigenvalue weighted by molar-refractivity contribution is -0.384. The van der Waals surface area contributed by atoms with Crippen molar-refractivity contribution >= 4 is 29.0 Å². The van der Waals surface area contributed by atoms with Gasteiger partial charge in [-0.1, -0.05) is 11.6 Å². The Hall–Kier alpha value is -4.24. The number of aromatic nitrogens is 3. The highest BCUT2D eigenvalue weighted by molar-refractivity contribution is 6.33. The molecule has 1 amide bonds. The van der Waals surface area contributed by atoms with Crippen molar-refractivity contribution in [2.75, 3.05) is 31.1 Å². The quantitative estimate of drug-likeness (QED) is 0.401. The van der Waals surface area contributed by atoms with Crippen LogP contribution in [0.3, 0.4) is 0 Å². The Morgan fingerprint density at radius 2 is 2.00 bits per heavy atom. The van der Waals surface area contributed by atoms with Gasteiger partial charge < -0.3 is 14.2 Å². The molecular weight excluding hydrogens is 454 g/mol. The van der Waals surface area contributed by atoms with Crippen molar-refractivity contribution in [2.24, 2.45) is 0 Å². The average molecular weight is 470 g/mol. The number of pyridine rings is 1. The summed E-state index contributed by atoms with van der Waals surface area (Å²) in [6.07, 6.45) is 1.50. The summed E-state index contributed by atoms with van der Waals surface area (Å²) in [6, 6.07) is 9.14. The van der Waals surface area contributed by atoms with Crippen molar-refractivity contribution < 1.29 is 14.1 Å². The van der Waals surface area contributed by atoms with Crippen LogP contribution in [0.2, 0.25) is 5.02 Å². The minimum absolute atomic E-state index is 0.00328. The molecule has 168 valence electrons. The summed E-state index contributed by atoms with van der Waals surface area (Å²) in [5.41, 5.74) is 0.463. The molecule has 12 nitrogen and oxygen atoms in total. The molecule has 1 saturated heterocycles. The molecule has 3 aromatic rings. The number of anilines is 1. The lowest BCUT2D eigenvalue weighted by Crippen LogP contribution is -2.50. The van der Waals surface area contributed by atoms with Crippen LogP contribution in [0.15, 0.2) is 45.7 Å². The monoisotopic (exact) mass is 469 g/mol. The minimum atomic E-state index is -0.840. The fraction of sp³-hybridized carbons (Fsp3) is 0.250. The van der Waals surface area contributed by atoms with E-state index >= 15 is 0 Å². The number of halogens is 1. The third-order valence-electron chi connectivity index (χ3n) is 5.12. The smallest absolute Gasteiger partial charge is 0.388 e. The van der Waals surface area contributed by atoms with Gasteiger partial charge in [-0.25, -0.2) is 9.78 Å². The van der Waals surface area contributed by atoms with Gasteiger partial charge in [-0.3, -0.25) is 14.9 Å². The standard InChI is InChI=1S/C20H16ClN7O5/c21-16-9-14(28(31)32)2-3-15(16)19-24-27(20(30)33-19)12-18(29)26-7-5-25(6-8-26)17-4-1-13(10-22)11-23-17/h1-4,9,11H,5-8,12H2. The van der Waals surface area contributed by atoms with Gasteiger partial charge in [0.1, 0.15) is 18.4 Å². The van der Waals surface area contributed by atoms with Crippen LogP contribution in [0.25, 0.3) is 11.5 Å². The maximum Gasteiger partial charge on any atom is 0.437 e. The molecule has 0 radical (unpaired) electrons. The van der Waals surface area contributed by atoms with Crippen LogP contribution >= 0.6 is 11.6 Å². The zero-order valence-electron chi connectivity index (χ0n) is 17.0. The van der Waals surface area contributed by atoms with Crippen molar-refractivity contribution in [3.05, 3.63) is 67.8 Å². The second-order valence-electron chi connectivity index (χ2n) is 7.14. The maximum absolute atomic E-state index is 12.7. The number of hydrogen-bond donors (Lipinski definition) is 0. The lowest BCUT2D eigenvalue weighted by Gasteiger charge is -2.35. The molecular formula is C20H16ClN7O5. The number of nitrogens with zero attached hydrogens (tertiary/aromatic N) is 7. The Balaban J connectivity index is 1.40. The second kappa shape index (κ2) is 9.09. The minimum Gasteiger partial charge on any atom is -0.388 e. The number of rotatable bonds is 5. The summed E-state index contributed by atoms with van der Waals surface area (Å²) in [6.45, 7) is 1.62. The van der Waals surface area contributed by atoms with E-state index in [9.17, 15) is 19.7 Å². The zero-order chi connectivity index (χ0) is 23.5. The van der Waals surface area contributed by atoms with Crippen LogP contribution < -0.4 is 10.7 Å². The molecule has 0 bridgehead atoms. The summed E-state index contributed by atoms with van der Waals surface area (Å²) in [5, 5.41) is 23.7. The summed E-state index contributed by atoms with van der Waals surface area (Å²) >= 11 is 6.06. The molecule has 33 heavy (non-hydrogen) atoms. The Morgan fingerprint density at radius 1 is 1.24 bits per heavy atom. The van der Waals surface area contributed by atoms with Gasteiger partial charge >= 0.3 is 5.76 Å². The number of carbonyl (C=O) groups excluding carboxylic acids is 1. The summed E-state index contributed by atoms with van der Waals surface area (Å²) in [7, 11) is 0. The van der Waals surface area contributed by atoms with E-state index in [-0.39, 0.29) is 34.6 Å². The highest BCUT2D eigenvalue weighted by Gasteiger charge is 2.24. The molecule has 2 aromatic heterocycles. The molecule has 1 aromatic carbocycles. The number of carbonyl (C=O) groups is 1. The van der Waals surface area contributed by atoms with E-state index in [0.29, 0.717) is 31.7 Å². The normalized spacial score (nSPS) is 13.6. The SMILES string of the molecule is N#Cc1ccc(N2CCN(C(=O)Cn3nc(-c4ccc([N+](=O)[O-])cc4Cl)oc3=O)CC2)nc1. The topological polar surface area (TPSA) is 151 Å². The van der Waals surface area contributed by atoms with Crippen LogP contribution in [-0.2, 0) is 11.3 Å². The molecule has 1 aliphatic rings. The number of non-ortho nitro benzene ring substituents is 1. The number of piperazine rings is 1. The summed E-state index contributed by atoms with van der Waals surface area (Å²) < 4.78 is 5.99. The zero-order valence-corrected chi connectivity index (χ0v) is 17.8. The Morgan fingerprint density at radius 3 is 2.61 bits per heavy atom. The first kappa shape index (κ1) is 22.0. The van der Waals surface area contributed by atoms with Crippen molar-refractivity contribution in [3.63, 3.8) is 0 Å². The molecule has 1 fully saturated rings. The Bertz CT molecular complexity index is 1300. The molecule has 0 aliphatic carbocycles. The number of nitriles is 1. The van der Waals surface area contributed by atoms with Gasteiger partial charge in [0.15, 0.2) is 0 Å². The summed E-state index contributed by atoms with van der Waals surface area (Å²) in [4.78, 5) is 43.0. The van der Waals surface area contributed by atoms with E-state index in [1.165, 1.54) is 18.3 Å². The molecule has 0 N–H and O–H groups in total. The largest absolute Gasteiger partial charge is 0.437 e. The molecule has 0 atom stereocenters. The van der Waals surface area contributed by atoms with E-state index in [2.05, 4.69) is 10.1 Å². The first-order valence-corrected chi connectivity index (χ1v) is 10.1. The van der Waals surface area contributed by atoms with Crippen molar-refractivity contribution in [2.45, 2.75) is 6.54 Å². The molecule has 0 unspecified atom stereocenters. The third-order valence-corrected chi connectivity index (χ3v) is 5.43. The molecule has 0 spiro atoms. The van der Waals surface area contributed by atoms with Gasteiger partial charge in [0, 0.05) is 44.5 Å².